The lowest BCUT2D eigenvalue weighted by Gasteiger charge is -2.32. The summed E-state index contributed by atoms with van der Waals surface area (Å²) in [7, 11) is 0. The molecule has 8 heteroatoms. The maximum absolute atomic E-state index is 13.8. The smallest absolute Gasteiger partial charge is 0.272 e. The quantitative estimate of drug-likeness (QED) is 0.670. The number of non-ortho nitro benzene ring substituents is 1. The molecule has 0 radical (unpaired) electrons. The number of halogens is 2. The summed E-state index contributed by atoms with van der Waals surface area (Å²) in [5, 5.41) is 10.5. The maximum atomic E-state index is 13.8. The van der Waals surface area contributed by atoms with Gasteiger partial charge >= 0.3 is 0 Å². The largest absolute Gasteiger partial charge is 0.374 e. The van der Waals surface area contributed by atoms with Gasteiger partial charge in [0, 0.05) is 37.8 Å². The number of nitro benzene ring substituents is 1. The first kappa shape index (κ1) is 16.8. The molecule has 1 heterocycles. The highest BCUT2D eigenvalue weighted by Gasteiger charge is 2.20. The third-order valence-corrected chi connectivity index (χ3v) is 3.13. The molecule has 0 saturated carbocycles. The van der Waals surface area contributed by atoms with Crippen LogP contribution in [0.3, 0.4) is 0 Å². The second-order valence-corrected chi connectivity index (χ2v) is 4.50. The molecule has 0 bridgehead atoms. The number of nitrogens with zero attached hydrogens (tertiary/aromatic N) is 2. The first-order chi connectivity index (χ1) is 9.10. The fourth-order valence-corrected chi connectivity index (χ4v) is 2.09. The highest BCUT2D eigenvalue weighted by atomic mass is 35.5. The first-order valence-corrected chi connectivity index (χ1v) is 6.07. The number of benzene rings is 1. The van der Waals surface area contributed by atoms with Gasteiger partial charge in [-0.3, -0.25) is 15.0 Å². The minimum absolute atomic E-state index is 0. The molecule has 1 saturated heterocycles. The van der Waals surface area contributed by atoms with Gasteiger partial charge in [-0.25, -0.2) is 4.39 Å². The Morgan fingerprint density at radius 1 is 1.55 bits per heavy atom. The van der Waals surface area contributed by atoms with Crippen molar-refractivity contribution in [2.45, 2.75) is 12.6 Å². The summed E-state index contributed by atoms with van der Waals surface area (Å²) in [6.45, 7) is 2.75. The highest BCUT2D eigenvalue weighted by Crippen LogP contribution is 2.18. The van der Waals surface area contributed by atoms with Crippen LogP contribution in [0.25, 0.3) is 0 Å². The van der Waals surface area contributed by atoms with Crippen LogP contribution >= 0.6 is 12.4 Å². The minimum Gasteiger partial charge on any atom is -0.374 e. The molecule has 2 N–H and O–H groups in total. The van der Waals surface area contributed by atoms with E-state index in [0.717, 1.165) is 6.07 Å². The van der Waals surface area contributed by atoms with Crippen molar-refractivity contribution in [2.75, 3.05) is 26.2 Å². The van der Waals surface area contributed by atoms with Crippen molar-refractivity contribution in [3.8, 4) is 0 Å². The van der Waals surface area contributed by atoms with E-state index in [-0.39, 0.29) is 24.2 Å². The van der Waals surface area contributed by atoms with E-state index in [1.54, 1.807) is 0 Å². The van der Waals surface area contributed by atoms with Crippen molar-refractivity contribution in [3.63, 3.8) is 0 Å². The number of hydrogen-bond acceptors (Lipinski definition) is 5. The van der Waals surface area contributed by atoms with Crippen molar-refractivity contribution < 1.29 is 14.1 Å². The lowest BCUT2D eigenvalue weighted by Crippen LogP contribution is -2.45. The Morgan fingerprint density at radius 3 is 2.90 bits per heavy atom. The Hall–Kier alpha value is -1.28. The van der Waals surface area contributed by atoms with E-state index in [1.807, 2.05) is 4.90 Å². The highest BCUT2D eigenvalue weighted by molar-refractivity contribution is 5.85. The number of nitro groups is 1. The van der Waals surface area contributed by atoms with Crippen LogP contribution in [-0.4, -0.2) is 42.2 Å². The Labute approximate surface area is 122 Å². The summed E-state index contributed by atoms with van der Waals surface area (Å²) in [6, 6.07) is 3.73. The summed E-state index contributed by atoms with van der Waals surface area (Å²) in [5.41, 5.74) is 5.76. The van der Waals surface area contributed by atoms with E-state index in [4.69, 9.17) is 10.5 Å². The molecule has 2 rings (SSSR count). The van der Waals surface area contributed by atoms with Crippen LogP contribution in [0.5, 0.6) is 0 Å². The molecule has 0 spiro atoms. The van der Waals surface area contributed by atoms with Gasteiger partial charge < -0.3 is 10.5 Å². The van der Waals surface area contributed by atoms with Crippen LogP contribution in [0.15, 0.2) is 18.2 Å². The molecule has 1 unspecified atom stereocenters. The van der Waals surface area contributed by atoms with Crippen LogP contribution in [0.2, 0.25) is 0 Å². The van der Waals surface area contributed by atoms with Crippen LogP contribution in [-0.2, 0) is 11.3 Å². The van der Waals surface area contributed by atoms with E-state index in [0.29, 0.717) is 38.3 Å². The zero-order valence-corrected chi connectivity index (χ0v) is 11.6. The molecule has 1 aromatic carbocycles. The Kier molecular flexibility index (Phi) is 6.28. The van der Waals surface area contributed by atoms with E-state index in [2.05, 4.69) is 0 Å². The van der Waals surface area contributed by atoms with Crippen molar-refractivity contribution in [2.24, 2.45) is 5.73 Å². The third kappa shape index (κ3) is 4.11. The number of hydrogen-bond donors (Lipinski definition) is 1. The summed E-state index contributed by atoms with van der Waals surface area (Å²) in [4.78, 5) is 12.0. The molecule has 1 atom stereocenters. The second-order valence-electron chi connectivity index (χ2n) is 4.50. The fourth-order valence-electron chi connectivity index (χ4n) is 2.09. The van der Waals surface area contributed by atoms with Gasteiger partial charge in [-0.15, -0.1) is 12.4 Å². The van der Waals surface area contributed by atoms with Gasteiger partial charge in [0.25, 0.3) is 5.69 Å². The third-order valence-electron chi connectivity index (χ3n) is 3.13. The lowest BCUT2D eigenvalue weighted by atomic mass is 10.1. The van der Waals surface area contributed by atoms with Crippen molar-refractivity contribution >= 4 is 18.1 Å². The van der Waals surface area contributed by atoms with Crippen molar-refractivity contribution in [1.82, 2.24) is 4.90 Å². The predicted molar refractivity (Wildman–Crippen MR) is 74.4 cm³/mol. The van der Waals surface area contributed by atoms with Crippen molar-refractivity contribution in [3.05, 3.63) is 39.7 Å². The van der Waals surface area contributed by atoms with Crippen molar-refractivity contribution in [1.29, 1.82) is 0 Å². The second kappa shape index (κ2) is 7.49. The predicted octanol–water partition coefficient (Wildman–Crippen LogP) is 1.32. The number of nitrogens with two attached hydrogens (primary N) is 1. The number of ether oxygens (including phenoxy) is 1. The monoisotopic (exact) mass is 305 g/mol. The van der Waals surface area contributed by atoms with Gasteiger partial charge in [-0.05, 0) is 6.07 Å². The fraction of sp³-hybridized carbons (Fsp3) is 0.500. The molecule has 1 fully saturated rings. The summed E-state index contributed by atoms with van der Waals surface area (Å²) in [6.07, 6.45) is -0.0325. The molecule has 0 aromatic heterocycles. The molecule has 20 heavy (non-hydrogen) atoms. The molecule has 6 nitrogen and oxygen atoms in total. The molecule has 0 aliphatic carbocycles. The molecule has 112 valence electrons. The number of morpholine rings is 1. The van der Waals surface area contributed by atoms with Crippen LogP contribution in [0.4, 0.5) is 10.1 Å². The normalized spacial score (nSPS) is 19.4. The lowest BCUT2D eigenvalue weighted by molar-refractivity contribution is -0.385. The Morgan fingerprint density at radius 2 is 2.30 bits per heavy atom. The van der Waals surface area contributed by atoms with Crippen LogP contribution < -0.4 is 5.73 Å². The Bertz CT molecular complexity index is 475. The van der Waals surface area contributed by atoms with E-state index >= 15 is 0 Å². The zero-order valence-electron chi connectivity index (χ0n) is 10.8. The topological polar surface area (TPSA) is 81.6 Å². The van der Waals surface area contributed by atoms with Gasteiger partial charge in [0.2, 0.25) is 0 Å². The summed E-state index contributed by atoms with van der Waals surface area (Å²) in [5.74, 6) is -0.551. The minimum atomic E-state index is -0.605. The molecule has 0 amide bonds. The first-order valence-electron chi connectivity index (χ1n) is 6.07. The van der Waals surface area contributed by atoms with Gasteiger partial charge in [0.15, 0.2) is 0 Å². The average Bonchev–Trinajstić information content (AvgIpc) is 2.41. The maximum Gasteiger partial charge on any atom is 0.272 e. The van der Waals surface area contributed by atoms with E-state index in [9.17, 15) is 14.5 Å². The summed E-state index contributed by atoms with van der Waals surface area (Å²) >= 11 is 0. The SMILES string of the molecule is Cl.NCC1CN(Cc2ccc([N+](=O)[O-])cc2F)CCO1. The van der Waals surface area contributed by atoms with E-state index < -0.39 is 10.7 Å². The summed E-state index contributed by atoms with van der Waals surface area (Å²) < 4.78 is 19.2. The van der Waals surface area contributed by atoms with E-state index in [1.165, 1.54) is 12.1 Å². The number of rotatable bonds is 4. The standard InChI is InChI=1S/C12H16FN3O3.ClH/c13-12-5-10(16(17)18)2-1-9(12)7-15-3-4-19-11(6-14)8-15;/h1-2,5,11H,3-4,6-8,14H2;1H. The van der Waals surface area contributed by atoms with Gasteiger partial charge in [0.05, 0.1) is 23.7 Å². The molecule has 1 aliphatic rings. The molecule has 1 aromatic rings. The zero-order chi connectivity index (χ0) is 13.8. The molecular weight excluding hydrogens is 289 g/mol. The van der Waals surface area contributed by atoms with Gasteiger partial charge in [-0.1, -0.05) is 0 Å². The van der Waals surface area contributed by atoms with Crippen LogP contribution in [0.1, 0.15) is 5.56 Å². The molecular formula is C12H17ClFN3O3. The van der Waals surface area contributed by atoms with Crippen LogP contribution in [0, 0.1) is 15.9 Å². The van der Waals surface area contributed by atoms with Gasteiger partial charge in [0.1, 0.15) is 5.82 Å². The van der Waals surface area contributed by atoms with Gasteiger partial charge in [-0.2, -0.15) is 0 Å². The average molecular weight is 306 g/mol. The Balaban J connectivity index is 0.00000200. The molecule has 1 aliphatic heterocycles.